The molecule has 0 aliphatic carbocycles. The molecule has 1 unspecified atom stereocenters. The molecule has 3 rings (SSSR count). The van der Waals surface area contributed by atoms with Crippen LogP contribution in [0.4, 0.5) is 0 Å². The van der Waals surface area contributed by atoms with E-state index in [9.17, 15) is 4.79 Å². The predicted octanol–water partition coefficient (Wildman–Crippen LogP) is 2.86. The molecule has 0 saturated heterocycles. The van der Waals surface area contributed by atoms with Crippen LogP contribution in [0.25, 0.3) is 16.5 Å². The van der Waals surface area contributed by atoms with Crippen molar-refractivity contribution in [3.8, 4) is 5.69 Å². The number of nitrogens with zero attached hydrogens (tertiary/aromatic N) is 2. The van der Waals surface area contributed by atoms with Crippen molar-refractivity contribution < 1.29 is 4.79 Å². The van der Waals surface area contributed by atoms with Crippen LogP contribution in [-0.4, -0.2) is 22.2 Å². The summed E-state index contributed by atoms with van der Waals surface area (Å²) in [6.45, 7) is 4.34. The van der Waals surface area contributed by atoms with Crippen LogP contribution < -0.4 is 11.1 Å². The molecular weight excluding hydrogens is 300 g/mol. The third kappa shape index (κ3) is 3.03. The van der Waals surface area contributed by atoms with E-state index in [4.69, 9.17) is 5.73 Å². The lowest BCUT2D eigenvalue weighted by Gasteiger charge is -2.14. The zero-order valence-corrected chi connectivity index (χ0v) is 14.0. The number of hydrogen-bond acceptors (Lipinski definition) is 3. The fraction of sp³-hybridized carbons (Fsp3) is 0.263. The van der Waals surface area contributed by atoms with Gasteiger partial charge in [0.2, 0.25) is 5.91 Å². The summed E-state index contributed by atoms with van der Waals surface area (Å²) in [5.41, 5.74) is 8.50. The molecule has 1 aromatic heterocycles. The summed E-state index contributed by atoms with van der Waals surface area (Å²) in [6, 6.07) is 14.3. The van der Waals surface area contributed by atoms with Crippen LogP contribution in [-0.2, 0) is 4.79 Å². The van der Waals surface area contributed by atoms with Gasteiger partial charge in [-0.05, 0) is 25.3 Å². The van der Waals surface area contributed by atoms with Gasteiger partial charge in [0.05, 0.1) is 17.9 Å². The minimum absolute atomic E-state index is 0.0395. The fourth-order valence-electron chi connectivity index (χ4n) is 3.01. The summed E-state index contributed by atoms with van der Waals surface area (Å²) < 4.78 is 1.93. The van der Waals surface area contributed by atoms with Crippen LogP contribution in [0.2, 0.25) is 0 Å². The first-order valence-corrected chi connectivity index (χ1v) is 8.14. The Labute approximate surface area is 141 Å². The van der Waals surface area contributed by atoms with Gasteiger partial charge in [-0.2, -0.15) is 5.10 Å². The number of nitrogens with two attached hydrogens (primary N) is 1. The van der Waals surface area contributed by atoms with E-state index in [0.29, 0.717) is 13.0 Å². The van der Waals surface area contributed by atoms with Gasteiger partial charge in [-0.3, -0.25) is 4.79 Å². The highest BCUT2D eigenvalue weighted by molar-refractivity contribution is 5.90. The molecule has 5 heteroatoms. The minimum atomic E-state index is -0.104. The zero-order chi connectivity index (χ0) is 17.1. The van der Waals surface area contributed by atoms with Gasteiger partial charge in [-0.15, -0.1) is 0 Å². The molecule has 0 saturated carbocycles. The summed E-state index contributed by atoms with van der Waals surface area (Å²) in [6.07, 6.45) is 2.16. The lowest BCUT2D eigenvalue weighted by Crippen LogP contribution is -2.28. The monoisotopic (exact) mass is 322 g/mol. The molecule has 5 nitrogen and oxygen atoms in total. The third-order valence-electron chi connectivity index (χ3n) is 4.26. The number of fused-ring (bicyclic) bond motifs is 1. The van der Waals surface area contributed by atoms with Crippen LogP contribution in [0, 0.1) is 6.92 Å². The van der Waals surface area contributed by atoms with E-state index < -0.39 is 0 Å². The third-order valence-corrected chi connectivity index (χ3v) is 4.26. The Morgan fingerprint density at radius 2 is 2.00 bits per heavy atom. The number of nitrogens with one attached hydrogen (secondary N) is 1. The summed E-state index contributed by atoms with van der Waals surface area (Å²) in [4.78, 5) is 11.8. The molecule has 0 radical (unpaired) electrons. The second kappa shape index (κ2) is 6.84. The summed E-state index contributed by atoms with van der Waals surface area (Å²) >= 11 is 0. The first-order valence-electron chi connectivity index (χ1n) is 8.14. The second-order valence-electron chi connectivity index (χ2n) is 5.92. The van der Waals surface area contributed by atoms with E-state index in [2.05, 4.69) is 34.7 Å². The Morgan fingerprint density at radius 3 is 2.79 bits per heavy atom. The van der Waals surface area contributed by atoms with Gasteiger partial charge in [0, 0.05) is 29.6 Å². The quantitative estimate of drug-likeness (QED) is 0.758. The molecule has 0 fully saturated rings. The van der Waals surface area contributed by atoms with Crippen molar-refractivity contribution in [2.24, 2.45) is 5.73 Å². The summed E-state index contributed by atoms with van der Waals surface area (Å²) in [5.74, 6) is -0.0395. The molecule has 24 heavy (non-hydrogen) atoms. The van der Waals surface area contributed by atoms with Crippen molar-refractivity contribution >= 4 is 16.7 Å². The van der Waals surface area contributed by atoms with Gasteiger partial charge in [-0.1, -0.05) is 36.4 Å². The lowest BCUT2D eigenvalue weighted by molar-refractivity contribution is -0.121. The Morgan fingerprint density at radius 1 is 1.25 bits per heavy atom. The highest BCUT2D eigenvalue weighted by Gasteiger charge is 2.16. The number of carbonyl (C=O) groups is 1. The highest BCUT2D eigenvalue weighted by atomic mass is 16.1. The molecule has 1 amide bonds. The minimum Gasteiger partial charge on any atom is -0.349 e. The van der Waals surface area contributed by atoms with Gasteiger partial charge < -0.3 is 11.1 Å². The standard InChI is InChI=1S/C19H22N4O/c1-13(22-19(24)10-11-20)17-12-21-23(14(17)2)18-9-5-7-15-6-3-4-8-16(15)18/h3-9,12-13H,10-11,20H2,1-2H3,(H,22,24). The second-order valence-corrected chi connectivity index (χ2v) is 5.92. The molecule has 3 aromatic rings. The largest absolute Gasteiger partial charge is 0.349 e. The SMILES string of the molecule is Cc1c(C(C)NC(=O)CCN)cnn1-c1cccc2ccccc12. The van der Waals surface area contributed by atoms with E-state index in [0.717, 1.165) is 22.3 Å². The smallest absolute Gasteiger partial charge is 0.221 e. The fourth-order valence-corrected chi connectivity index (χ4v) is 3.01. The molecule has 0 bridgehead atoms. The van der Waals surface area contributed by atoms with E-state index in [-0.39, 0.29) is 11.9 Å². The Bertz CT molecular complexity index is 863. The highest BCUT2D eigenvalue weighted by Crippen LogP contribution is 2.25. The van der Waals surface area contributed by atoms with Crippen LogP contribution in [0.3, 0.4) is 0 Å². The molecule has 124 valence electrons. The molecule has 2 aromatic carbocycles. The van der Waals surface area contributed by atoms with Gasteiger partial charge in [0.1, 0.15) is 0 Å². The topological polar surface area (TPSA) is 72.9 Å². The van der Waals surface area contributed by atoms with Crippen molar-refractivity contribution in [2.75, 3.05) is 6.54 Å². The number of rotatable bonds is 5. The summed E-state index contributed by atoms with van der Waals surface area (Å²) in [5, 5.41) is 9.85. The molecule has 3 N–H and O–H groups in total. The van der Waals surface area contributed by atoms with Crippen LogP contribution in [0.1, 0.15) is 30.6 Å². The number of hydrogen-bond donors (Lipinski definition) is 2. The van der Waals surface area contributed by atoms with E-state index in [1.54, 1.807) is 0 Å². The molecule has 1 atom stereocenters. The number of amides is 1. The first kappa shape index (κ1) is 16.2. The zero-order valence-electron chi connectivity index (χ0n) is 14.0. The van der Waals surface area contributed by atoms with Crippen molar-refractivity contribution in [3.05, 3.63) is 59.9 Å². The maximum atomic E-state index is 11.8. The van der Waals surface area contributed by atoms with Crippen LogP contribution in [0.15, 0.2) is 48.7 Å². The van der Waals surface area contributed by atoms with E-state index in [1.165, 1.54) is 5.39 Å². The van der Waals surface area contributed by atoms with Crippen molar-refractivity contribution in [1.29, 1.82) is 0 Å². The van der Waals surface area contributed by atoms with Crippen molar-refractivity contribution in [3.63, 3.8) is 0 Å². The Balaban J connectivity index is 1.96. The van der Waals surface area contributed by atoms with E-state index in [1.807, 2.05) is 42.9 Å². The molecule has 0 aliphatic heterocycles. The van der Waals surface area contributed by atoms with Crippen LogP contribution >= 0.6 is 0 Å². The number of carbonyl (C=O) groups excluding carboxylic acids is 1. The number of aromatic nitrogens is 2. The van der Waals surface area contributed by atoms with Crippen molar-refractivity contribution in [1.82, 2.24) is 15.1 Å². The average Bonchev–Trinajstić information content (AvgIpc) is 2.96. The van der Waals surface area contributed by atoms with Gasteiger partial charge in [-0.25, -0.2) is 4.68 Å². The normalized spacial score (nSPS) is 12.3. The average molecular weight is 322 g/mol. The Hall–Kier alpha value is -2.66. The predicted molar refractivity (Wildman–Crippen MR) is 96.0 cm³/mol. The molecular formula is C19H22N4O. The first-order chi connectivity index (χ1) is 11.6. The van der Waals surface area contributed by atoms with E-state index >= 15 is 0 Å². The summed E-state index contributed by atoms with van der Waals surface area (Å²) in [7, 11) is 0. The van der Waals surface area contributed by atoms with Gasteiger partial charge >= 0.3 is 0 Å². The maximum absolute atomic E-state index is 11.8. The lowest BCUT2D eigenvalue weighted by atomic mass is 10.1. The number of benzene rings is 2. The molecule has 1 heterocycles. The molecule has 0 aliphatic rings. The maximum Gasteiger partial charge on any atom is 0.221 e. The van der Waals surface area contributed by atoms with Crippen molar-refractivity contribution in [2.45, 2.75) is 26.3 Å². The van der Waals surface area contributed by atoms with Gasteiger partial charge in [0.25, 0.3) is 0 Å². The molecule has 0 spiro atoms. The van der Waals surface area contributed by atoms with Gasteiger partial charge in [0.15, 0.2) is 0 Å². The Kier molecular flexibility index (Phi) is 4.62. The van der Waals surface area contributed by atoms with Crippen LogP contribution in [0.5, 0.6) is 0 Å².